The van der Waals surface area contributed by atoms with E-state index in [0.717, 1.165) is 27.9 Å². The number of anilines is 1. The third-order valence-corrected chi connectivity index (χ3v) is 7.34. The first-order chi connectivity index (χ1) is 19.6. The smallest absolute Gasteiger partial charge is 0.250 e. The van der Waals surface area contributed by atoms with Crippen molar-refractivity contribution >= 4 is 29.1 Å². The van der Waals surface area contributed by atoms with Crippen LogP contribution in [0.4, 0.5) is 5.69 Å². The fourth-order valence-electron chi connectivity index (χ4n) is 4.81. The Labute approximate surface area is 245 Å². The summed E-state index contributed by atoms with van der Waals surface area (Å²) in [7, 11) is 1.89. The van der Waals surface area contributed by atoms with E-state index in [4.69, 9.17) is 11.6 Å². The fourth-order valence-corrected chi connectivity index (χ4v) is 5.01. The number of amides is 2. The summed E-state index contributed by atoms with van der Waals surface area (Å²) in [6, 6.07) is 15.6. The standard InChI is InChI=1S/C32H36ClN5O3/c1-6-7-29(39)36-28(32(41)35-26-12-8-22(9-13-26)31-21(4)18-34-37(31)5)17-25-16-23(10-14-27(25)33)24-11-15-30(40)38(19-24)20(2)3/h8-16,18-20,28H,6-7,17H2,1-5H3,(H,35,41)(H,36,39)/t28-/m0/s1. The lowest BCUT2D eigenvalue weighted by Gasteiger charge is -2.20. The zero-order valence-corrected chi connectivity index (χ0v) is 24.8. The lowest BCUT2D eigenvalue weighted by atomic mass is 9.99. The number of halogens is 1. The zero-order chi connectivity index (χ0) is 29.7. The van der Waals surface area contributed by atoms with Gasteiger partial charge in [-0.25, -0.2) is 0 Å². The normalized spacial score (nSPS) is 11.9. The maximum absolute atomic E-state index is 13.5. The summed E-state index contributed by atoms with van der Waals surface area (Å²) < 4.78 is 3.49. The van der Waals surface area contributed by atoms with Gasteiger partial charge in [0, 0.05) is 54.5 Å². The van der Waals surface area contributed by atoms with Gasteiger partial charge < -0.3 is 15.2 Å². The Kier molecular flexibility index (Phi) is 9.45. The number of carbonyl (C=O) groups is 2. The highest BCUT2D eigenvalue weighted by Crippen LogP contribution is 2.27. The van der Waals surface area contributed by atoms with Gasteiger partial charge in [-0.3, -0.25) is 19.1 Å². The molecule has 2 heterocycles. The first kappa shape index (κ1) is 29.8. The molecule has 8 nitrogen and oxygen atoms in total. The molecule has 2 N–H and O–H groups in total. The van der Waals surface area contributed by atoms with Crippen molar-refractivity contribution in [2.24, 2.45) is 7.05 Å². The fraction of sp³-hybridized carbons (Fsp3) is 0.312. The number of rotatable bonds is 10. The van der Waals surface area contributed by atoms with E-state index in [1.165, 1.54) is 0 Å². The van der Waals surface area contributed by atoms with E-state index in [1.807, 2.05) is 88.2 Å². The third kappa shape index (κ3) is 7.13. The molecule has 1 atom stereocenters. The predicted octanol–water partition coefficient (Wildman–Crippen LogP) is 5.92. The van der Waals surface area contributed by atoms with E-state index < -0.39 is 6.04 Å². The maximum atomic E-state index is 13.5. The van der Waals surface area contributed by atoms with Gasteiger partial charge in [-0.1, -0.05) is 36.7 Å². The molecule has 0 spiro atoms. The van der Waals surface area contributed by atoms with Crippen molar-refractivity contribution in [1.82, 2.24) is 19.7 Å². The molecule has 0 radical (unpaired) electrons. The van der Waals surface area contributed by atoms with Gasteiger partial charge in [-0.05, 0) is 79.8 Å². The molecule has 0 aliphatic carbocycles. The molecule has 4 rings (SSSR count). The second kappa shape index (κ2) is 13.0. The van der Waals surface area contributed by atoms with Gasteiger partial charge in [0.2, 0.25) is 11.8 Å². The summed E-state index contributed by atoms with van der Waals surface area (Å²) in [6.45, 7) is 7.82. The highest BCUT2D eigenvalue weighted by molar-refractivity contribution is 6.31. The molecule has 214 valence electrons. The molecule has 41 heavy (non-hydrogen) atoms. The number of aryl methyl sites for hydroxylation is 2. The van der Waals surface area contributed by atoms with Crippen LogP contribution < -0.4 is 16.2 Å². The predicted molar refractivity (Wildman–Crippen MR) is 164 cm³/mol. The molecular weight excluding hydrogens is 538 g/mol. The number of carbonyl (C=O) groups excluding carboxylic acids is 2. The van der Waals surface area contributed by atoms with E-state index in [0.29, 0.717) is 29.1 Å². The topological polar surface area (TPSA) is 98.0 Å². The van der Waals surface area contributed by atoms with Crippen LogP contribution in [-0.4, -0.2) is 32.2 Å². The van der Waals surface area contributed by atoms with E-state index >= 15 is 0 Å². The van der Waals surface area contributed by atoms with Gasteiger partial charge in [0.15, 0.2) is 0 Å². The molecule has 0 aliphatic heterocycles. The molecule has 2 aromatic carbocycles. The van der Waals surface area contributed by atoms with Crippen molar-refractivity contribution in [1.29, 1.82) is 0 Å². The Hall–Kier alpha value is -4.17. The molecule has 0 bridgehead atoms. The Morgan fingerprint density at radius 2 is 1.68 bits per heavy atom. The quantitative estimate of drug-likeness (QED) is 0.246. The van der Waals surface area contributed by atoms with E-state index in [2.05, 4.69) is 15.7 Å². The summed E-state index contributed by atoms with van der Waals surface area (Å²) >= 11 is 6.58. The summed E-state index contributed by atoms with van der Waals surface area (Å²) in [5, 5.41) is 10.6. The minimum Gasteiger partial charge on any atom is -0.344 e. The molecule has 4 aromatic rings. The maximum Gasteiger partial charge on any atom is 0.250 e. The second-order valence-corrected chi connectivity index (χ2v) is 10.9. The van der Waals surface area contributed by atoms with Crippen LogP contribution in [-0.2, 0) is 23.1 Å². The highest BCUT2D eigenvalue weighted by Gasteiger charge is 2.23. The van der Waals surface area contributed by atoms with Crippen molar-refractivity contribution in [3.8, 4) is 22.4 Å². The molecule has 0 saturated heterocycles. The second-order valence-electron chi connectivity index (χ2n) is 10.5. The zero-order valence-electron chi connectivity index (χ0n) is 24.1. The molecular formula is C32H36ClN5O3. The van der Waals surface area contributed by atoms with Crippen LogP contribution >= 0.6 is 11.6 Å². The molecule has 0 unspecified atom stereocenters. The molecule has 0 aliphatic rings. The monoisotopic (exact) mass is 573 g/mol. The number of nitrogens with zero attached hydrogens (tertiary/aromatic N) is 3. The number of pyridine rings is 1. The van der Waals surface area contributed by atoms with Gasteiger partial charge >= 0.3 is 0 Å². The van der Waals surface area contributed by atoms with Crippen molar-refractivity contribution in [2.45, 2.75) is 59.0 Å². The van der Waals surface area contributed by atoms with Gasteiger partial charge in [-0.15, -0.1) is 0 Å². The van der Waals surface area contributed by atoms with Crippen molar-refractivity contribution in [3.63, 3.8) is 0 Å². The van der Waals surface area contributed by atoms with Crippen molar-refractivity contribution < 1.29 is 9.59 Å². The Balaban J connectivity index is 1.58. The number of hydrogen-bond acceptors (Lipinski definition) is 4. The van der Waals surface area contributed by atoms with Gasteiger partial charge in [0.25, 0.3) is 5.56 Å². The summed E-state index contributed by atoms with van der Waals surface area (Å²) in [5.41, 5.74) is 6.03. The lowest BCUT2D eigenvalue weighted by Crippen LogP contribution is -2.45. The van der Waals surface area contributed by atoms with Crippen molar-refractivity contribution in [3.05, 3.63) is 93.5 Å². The van der Waals surface area contributed by atoms with Gasteiger partial charge in [0.1, 0.15) is 6.04 Å². The summed E-state index contributed by atoms with van der Waals surface area (Å²) in [5.74, 6) is -0.542. The lowest BCUT2D eigenvalue weighted by molar-refractivity contribution is -0.126. The van der Waals surface area contributed by atoms with Gasteiger partial charge in [-0.2, -0.15) is 5.10 Å². The van der Waals surface area contributed by atoms with E-state index in [-0.39, 0.29) is 29.8 Å². The average molecular weight is 574 g/mol. The van der Waals surface area contributed by atoms with Crippen LogP contribution in [0, 0.1) is 6.92 Å². The average Bonchev–Trinajstić information content (AvgIpc) is 3.27. The Bertz CT molecular complexity index is 1590. The minimum absolute atomic E-state index is 0.0123. The first-order valence-corrected chi connectivity index (χ1v) is 14.2. The number of benzene rings is 2. The van der Waals surface area contributed by atoms with Crippen LogP contribution in [0.3, 0.4) is 0 Å². The molecule has 9 heteroatoms. The number of nitrogens with one attached hydrogen (secondary N) is 2. The van der Waals surface area contributed by atoms with Crippen LogP contribution in [0.15, 0.2) is 71.8 Å². The van der Waals surface area contributed by atoms with E-state index in [1.54, 1.807) is 22.8 Å². The van der Waals surface area contributed by atoms with Crippen molar-refractivity contribution in [2.75, 3.05) is 5.32 Å². The largest absolute Gasteiger partial charge is 0.344 e. The Morgan fingerprint density at radius 3 is 2.32 bits per heavy atom. The molecule has 2 aromatic heterocycles. The summed E-state index contributed by atoms with van der Waals surface area (Å²) in [6.07, 6.45) is 4.81. The number of aromatic nitrogens is 3. The van der Waals surface area contributed by atoms with Gasteiger partial charge in [0.05, 0.1) is 11.9 Å². The minimum atomic E-state index is -0.842. The summed E-state index contributed by atoms with van der Waals surface area (Å²) in [4.78, 5) is 38.3. The molecule has 0 fully saturated rings. The van der Waals surface area contributed by atoms with Crippen LogP contribution in [0.2, 0.25) is 5.02 Å². The highest BCUT2D eigenvalue weighted by atomic mass is 35.5. The molecule has 0 saturated carbocycles. The van der Waals surface area contributed by atoms with Crippen LogP contribution in [0.25, 0.3) is 22.4 Å². The molecule has 2 amide bonds. The van der Waals surface area contributed by atoms with Crippen LogP contribution in [0.1, 0.15) is 50.8 Å². The third-order valence-electron chi connectivity index (χ3n) is 6.97. The van der Waals surface area contributed by atoms with E-state index in [9.17, 15) is 14.4 Å². The Morgan fingerprint density at radius 1 is 1.00 bits per heavy atom. The first-order valence-electron chi connectivity index (χ1n) is 13.8. The number of hydrogen-bond donors (Lipinski definition) is 2. The SMILES string of the molecule is CCCC(=O)N[C@@H](Cc1cc(-c2ccc(=O)n(C(C)C)c2)ccc1Cl)C(=O)Nc1ccc(-c2c(C)cnn2C)cc1. The van der Waals surface area contributed by atoms with Crippen LogP contribution in [0.5, 0.6) is 0 Å².